The molecule has 0 bridgehead atoms. The Balaban J connectivity index is 3.16. The maximum absolute atomic E-state index is 5.73. The first-order valence-corrected chi connectivity index (χ1v) is 5.13. The molecule has 0 radical (unpaired) electrons. The molecule has 0 fully saturated rings. The van der Waals surface area contributed by atoms with Gasteiger partial charge in [-0.2, -0.15) is 0 Å². The molecule has 0 spiro atoms. The van der Waals surface area contributed by atoms with Gasteiger partial charge in [-0.05, 0) is 13.3 Å². The van der Waals surface area contributed by atoms with Gasteiger partial charge in [0.25, 0.3) is 0 Å². The maximum atomic E-state index is 5.73. The van der Waals surface area contributed by atoms with Crippen LogP contribution < -0.4 is 0 Å². The molecule has 0 aliphatic rings. The largest absolute Gasteiger partial charge is 0.249 e. The number of hydrogen-bond acceptors (Lipinski definition) is 2. The average molecular weight is 243 g/mol. The van der Waals surface area contributed by atoms with Crippen LogP contribution in [-0.2, 0) is 16.8 Å². The third kappa shape index (κ3) is 2.27. The summed E-state index contributed by atoms with van der Waals surface area (Å²) in [5.74, 6) is 0. The van der Waals surface area contributed by atoms with Gasteiger partial charge in [0, 0.05) is 6.54 Å². The number of nitrogens with zero attached hydrogens (tertiary/aromatic N) is 3. The van der Waals surface area contributed by atoms with Crippen molar-refractivity contribution < 1.29 is 0 Å². The zero-order valence-electron chi connectivity index (χ0n) is 7.39. The minimum absolute atomic E-state index is 0.432. The molecular weight excluding hydrogens is 232 g/mol. The van der Waals surface area contributed by atoms with Crippen LogP contribution >= 0.6 is 34.8 Å². The summed E-state index contributed by atoms with van der Waals surface area (Å²) >= 11 is 17.2. The molecule has 0 atom stereocenters. The molecule has 13 heavy (non-hydrogen) atoms. The fraction of sp³-hybridized carbons (Fsp3) is 0.714. The lowest BCUT2D eigenvalue weighted by atomic mass is 10.3. The van der Waals surface area contributed by atoms with Crippen molar-refractivity contribution >= 4 is 34.8 Å². The van der Waals surface area contributed by atoms with Crippen molar-refractivity contribution in [3.63, 3.8) is 0 Å². The Hall–Kier alpha value is 0.01000. The Morgan fingerprint density at radius 3 is 2.31 bits per heavy atom. The van der Waals surface area contributed by atoms with E-state index in [1.54, 1.807) is 4.68 Å². The van der Waals surface area contributed by atoms with Gasteiger partial charge in [0.15, 0.2) is 0 Å². The molecule has 0 unspecified atom stereocenters. The first-order chi connectivity index (χ1) is 6.00. The van der Waals surface area contributed by atoms with Crippen LogP contribution in [0.5, 0.6) is 0 Å². The summed E-state index contributed by atoms with van der Waals surface area (Å²) in [4.78, 5) is 0. The van der Waals surface area contributed by atoms with Crippen molar-refractivity contribution in [2.45, 2.75) is 30.6 Å². The van der Waals surface area contributed by atoms with Gasteiger partial charge in [0.05, 0.1) is 5.69 Å². The quantitative estimate of drug-likeness (QED) is 0.747. The molecule has 0 aromatic carbocycles. The number of alkyl halides is 3. The minimum atomic E-state index is -1.47. The molecule has 1 heterocycles. The number of aromatic nitrogens is 3. The van der Waals surface area contributed by atoms with Crippen LogP contribution in [0.4, 0.5) is 0 Å². The molecule has 1 aromatic heterocycles. The average Bonchev–Trinajstić information content (AvgIpc) is 2.45. The van der Waals surface area contributed by atoms with E-state index in [2.05, 4.69) is 10.3 Å². The molecule has 0 saturated carbocycles. The first-order valence-electron chi connectivity index (χ1n) is 4.00. The van der Waals surface area contributed by atoms with E-state index in [0.717, 1.165) is 18.7 Å². The van der Waals surface area contributed by atoms with Crippen LogP contribution in [0.25, 0.3) is 0 Å². The summed E-state index contributed by atoms with van der Waals surface area (Å²) < 4.78 is 0.260. The fourth-order valence-electron chi connectivity index (χ4n) is 1.16. The van der Waals surface area contributed by atoms with Crippen molar-refractivity contribution in [3.05, 3.63) is 11.4 Å². The van der Waals surface area contributed by atoms with E-state index in [4.69, 9.17) is 34.8 Å². The molecule has 6 heteroatoms. The van der Waals surface area contributed by atoms with Crippen LogP contribution in [0.2, 0.25) is 0 Å². The molecule has 0 aliphatic carbocycles. The third-order valence-corrected chi connectivity index (χ3v) is 2.28. The fourth-order valence-corrected chi connectivity index (χ4v) is 1.60. The Morgan fingerprint density at radius 2 is 1.92 bits per heavy atom. The van der Waals surface area contributed by atoms with Gasteiger partial charge >= 0.3 is 0 Å². The van der Waals surface area contributed by atoms with Crippen molar-refractivity contribution in [3.8, 4) is 0 Å². The van der Waals surface area contributed by atoms with Crippen LogP contribution in [0.1, 0.15) is 25.2 Å². The van der Waals surface area contributed by atoms with Crippen molar-refractivity contribution in [2.24, 2.45) is 0 Å². The van der Waals surface area contributed by atoms with E-state index >= 15 is 0 Å². The van der Waals surface area contributed by atoms with Crippen molar-refractivity contribution in [2.75, 3.05) is 0 Å². The van der Waals surface area contributed by atoms with Crippen LogP contribution in [0, 0.1) is 0 Å². The predicted octanol–water partition coefficient (Wildman–Crippen LogP) is 2.69. The Labute approximate surface area is 92.0 Å². The number of rotatable bonds is 2. The molecule has 0 amide bonds. The second kappa shape index (κ2) is 4.03. The number of aryl methyl sites for hydroxylation is 1. The zero-order chi connectivity index (χ0) is 10.1. The molecule has 1 aromatic rings. The molecule has 1 rings (SSSR count). The molecule has 74 valence electrons. The lowest BCUT2D eigenvalue weighted by Crippen LogP contribution is -2.07. The second-order valence-corrected chi connectivity index (χ2v) is 4.83. The van der Waals surface area contributed by atoms with E-state index in [1.165, 1.54) is 0 Å². The van der Waals surface area contributed by atoms with Crippen molar-refractivity contribution in [1.82, 2.24) is 15.0 Å². The highest BCUT2D eigenvalue weighted by Gasteiger charge is 2.30. The molecule has 0 N–H and O–H groups in total. The van der Waals surface area contributed by atoms with Gasteiger partial charge in [-0.3, -0.25) is 0 Å². The van der Waals surface area contributed by atoms with E-state index in [9.17, 15) is 0 Å². The Morgan fingerprint density at radius 1 is 1.31 bits per heavy atom. The summed E-state index contributed by atoms with van der Waals surface area (Å²) in [6.07, 6.45) is 0.754. The summed E-state index contributed by atoms with van der Waals surface area (Å²) in [7, 11) is 0. The molecule has 0 aliphatic heterocycles. The highest BCUT2D eigenvalue weighted by Crippen LogP contribution is 2.38. The van der Waals surface area contributed by atoms with Crippen LogP contribution in [0.3, 0.4) is 0 Å². The molecular formula is C7H10Cl3N3. The van der Waals surface area contributed by atoms with E-state index in [1.807, 2.05) is 13.8 Å². The predicted molar refractivity (Wildman–Crippen MR) is 54.3 cm³/mol. The highest BCUT2D eigenvalue weighted by molar-refractivity contribution is 6.66. The lowest BCUT2D eigenvalue weighted by molar-refractivity contribution is 0.601. The highest BCUT2D eigenvalue weighted by atomic mass is 35.6. The van der Waals surface area contributed by atoms with Crippen LogP contribution in [0.15, 0.2) is 0 Å². The Kier molecular flexibility index (Phi) is 3.44. The normalized spacial score (nSPS) is 12.1. The van der Waals surface area contributed by atoms with Gasteiger partial charge in [0.2, 0.25) is 3.79 Å². The van der Waals surface area contributed by atoms with E-state index < -0.39 is 3.79 Å². The lowest BCUT2D eigenvalue weighted by Gasteiger charge is -2.09. The zero-order valence-corrected chi connectivity index (χ0v) is 9.66. The summed E-state index contributed by atoms with van der Waals surface area (Å²) in [6, 6.07) is 0. The Bertz CT molecular complexity index is 290. The minimum Gasteiger partial charge on any atom is -0.249 e. The van der Waals surface area contributed by atoms with Gasteiger partial charge in [-0.1, -0.05) is 46.9 Å². The maximum Gasteiger partial charge on any atom is 0.236 e. The number of hydrogen-bond donors (Lipinski definition) is 0. The van der Waals surface area contributed by atoms with Crippen LogP contribution in [-0.4, -0.2) is 15.0 Å². The molecule has 0 saturated heterocycles. The van der Waals surface area contributed by atoms with E-state index in [-0.39, 0.29) is 0 Å². The smallest absolute Gasteiger partial charge is 0.236 e. The monoisotopic (exact) mass is 241 g/mol. The molecule has 3 nitrogen and oxygen atoms in total. The number of halogens is 3. The summed E-state index contributed by atoms with van der Waals surface area (Å²) in [5, 5.41) is 7.73. The standard InChI is InChI=1S/C7H10Cl3N3/c1-3-5-6(7(8,9)10)11-12-13(5)4-2/h3-4H2,1-2H3. The van der Waals surface area contributed by atoms with E-state index in [0.29, 0.717) is 5.69 Å². The third-order valence-electron chi connectivity index (χ3n) is 1.74. The van der Waals surface area contributed by atoms with Crippen molar-refractivity contribution in [1.29, 1.82) is 0 Å². The van der Waals surface area contributed by atoms with Gasteiger partial charge in [-0.15, -0.1) is 5.10 Å². The second-order valence-electron chi connectivity index (χ2n) is 2.55. The van der Waals surface area contributed by atoms with Gasteiger partial charge in [0.1, 0.15) is 5.69 Å². The van der Waals surface area contributed by atoms with Gasteiger partial charge in [-0.25, -0.2) is 4.68 Å². The summed E-state index contributed by atoms with van der Waals surface area (Å²) in [6.45, 7) is 4.68. The SMILES string of the molecule is CCc1c(C(Cl)(Cl)Cl)nnn1CC. The van der Waals surface area contributed by atoms with Gasteiger partial charge < -0.3 is 0 Å². The summed E-state index contributed by atoms with van der Waals surface area (Å²) in [5.41, 5.74) is 1.31. The first kappa shape index (κ1) is 11.1. The topological polar surface area (TPSA) is 30.7 Å².